The molecule has 1 N–H and O–H groups in total. The zero-order valence-electron chi connectivity index (χ0n) is 16.9. The summed E-state index contributed by atoms with van der Waals surface area (Å²) in [6, 6.07) is 0. The maximum absolute atomic E-state index is 12.6. The Morgan fingerprint density at radius 1 is 1.12 bits per heavy atom. The van der Waals surface area contributed by atoms with Crippen LogP contribution in [-0.2, 0) is 14.1 Å². The second-order valence-corrected chi connectivity index (χ2v) is 10.1. The molecule has 0 aromatic heterocycles. The van der Waals surface area contributed by atoms with E-state index in [1.54, 1.807) is 0 Å². The number of nitrogens with one attached hydrogen (secondary N) is 1. The van der Waals surface area contributed by atoms with Gasteiger partial charge in [-0.3, -0.25) is 4.79 Å². The van der Waals surface area contributed by atoms with Crippen molar-refractivity contribution in [1.82, 2.24) is 5.32 Å². The second-order valence-electron chi connectivity index (χ2n) is 10.1. The van der Waals surface area contributed by atoms with Crippen LogP contribution >= 0.6 is 0 Å². The maximum Gasteiger partial charge on any atom is 0.457 e. The standard InChI is InChI=1S/C19H36BNO3/c1-16(2,3)21-15(22)19(8)11-9-14(13-19)10-12-20-23-17(4,5)18(6,7)24-20/h14H,9-13H2,1-8H3,(H,21,22). The van der Waals surface area contributed by atoms with Gasteiger partial charge in [-0.15, -0.1) is 0 Å². The minimum atomic E-state index is -0.256. The van der Waals surface area contributed by atoms with Gasteiger partial charge in [0.2, 0.25) is 5.91 Å². The monoisotopic (exact) mass is 337 g/mol. The summed E-state index contributed by atoms with van der Waals surface area (Å²) in [7, 11) is -0.120. The molecule has 5 heteroatoms. The van der Waals surface area contributed by atoms with Gasteiger partial charge in [0.15, 0.2) is 0 Å². The molecule has 2 rings (SSSR count). The molecule has 2 aliphatic rings. The number of hydrogen-bond donors (Lipinski definition) is 1. The van der Waals surface area contributed by atoms with Crippen LogP contribution in [0.3, 0.4) is 0 Å². The third kappa shape index (κ3) is 4.34. The Balaban J connectivity index is 1.84. The lowest BCUT2D eigenvalue weighted by molar-refractivity contribution is -0.131. The van der Waals surface area contributed by atoms with E-state index in [0.29, 0.717) is 5.92 Å². The van der Waals surface area contributed by atoms with Crippen molar-refractivity contribution >= 4 is 13.0 Å². The predicted octanol–water partition coefficient (Wildman–Crippen LogP) is 4.19. The second kappa shape index (κ2) is 6.32. The highest BCUT2D eigenvalue weighted by Crippen LogP contribution is 2.45. The van der Waals surface area contributed by atoms with Gasteiger partial charge in [0.1, 0.15) is 0 Å². The van der Waals surface area contributed by atoms with Crippen LogP contribution in [0.2, 0.25) is 6.32 Å². The minimum absolute atomic E-state index is 0.120. The molecule has 138 valence electrons. The molecule has 1 aliphatic heterocycles. The van der Waals surface area contributed by atoms with Crippen molar-refractivity contribution in [2.45, 2.75) is 104 Å². The molecular formula is C19H36BNO3. The van der Waals surface area contributed by atoms with Crippen molar-refractivity contribution in [1.29, 1.82) is 0 Å². The quantitative estimate of drug-likeness (QED) is 0.783. The van der Waals surface area contributed by atoms with Crippen molar-refractivity contribution in [2.75, 3.05) is 0 Å². The number of carbonyl (C=O) groups excluding carboxylic acids is 1. The first kappa shape index (κ1) is 19.8. The molecule has 1 saturated heterocycles. The Labute approximate surface area is 148 Å². The maximum atomic E-state index is 12.6. The van der Waals surface area contributed by atoms with Crippen LogP contribution < -0.4 is 5.32 Å². The van der Waals surface area contributed by atoms with E-state index in [1.807, 2.05) is 20.8 Å². The van der Waals surface area contributed by atoms with E-state index in [1.165, 1.54) is 0 Å². The molecule has 0 aromatic rings. The molecular weight excluding hydrogens is 301 g/mol. The van der Waals surface area contributed by atoms with Gasteiger partial charge in [0.25, 0.3) is 0 Å². The molecule has 0 bridgehead atoms. The molecule has 1 aliphatic carbocycles. The van der Waals surface area contributed by atoms with Crippen molar-refractivity contribution in [2.24, 2.45) is 11.3 Å². The summed E-state index contributed by atoms with van der Waals surface area (Å²) in [5.41, 5.74) is -0.905. The fourth-order valence-corrected chi connectivity index (χ4v) is 3.76. The molecule has 1 amide bonds. The summed E-state index contributed by atoms with van der Waals surface area (Å²) >= 11 is 0. The summed E-state index contributed by atoms with van der Waals surface area (Å²) in [4.78, 5) is 12.6. The van der Waals surface area contributed by atoms with Gasteiger partial charge in [-0.2, -0.15) is 0 Å². The van der Waals surface area contributed by atoms with Gasteiger partial charge >= 0.3 is 7.12 Å². The Morgan fingerprint density at radius 2 is 1.67 bits per heavy atom. The van der Waals surface area contributed by atoms with E-state index in [-0.39, 0.29) is 35.2 Å². The first-order valence-electron chi connectivity index (χ1n) is 9.42. The first-order chi connectivity index (χ1) is 10.7. The average Bonchev–Trinajstić information content (AvgIpc) is 2.85. The van der Waals surface area contributed by atoms with Gasteiger partial charge in [0, 0.05) is 11.0 Å². The summed E-state index contributed by atoms with van der Waals surface area (Å²) in [5, 5.41) is 3.15. The van der Waals surface area contributed by atoms with Crippen LogP contribution in [0.15, 0.2) is 0 Å². The topological polar surface area (TPSA) is 47.6 Å². The fraction of sp³-hybridized carbons (Fsp3) is 0.947. The highest BCUT2D eigenvalue weighted by atomic mass is 16.7. The lowest BCUT2D eigenvalue weighted by Gasteiger charge is -2.32. The SMILES string of the molecule is CC(C)(C)NC(=O)C1(C)CCC(CCB2OC(C)(C)C(C)(C)O2)C1. The van der Waals surface area contributed by atoms with E-state index in [9.17, 15) is 4.79 Å². The highest BCUT2D eigenvalue weighted by molar-refractivity contribution is 6.45. The zero-order valence-corrected chi connectivity index (χ0v) is 16.9. The highest BCUT2D eigenvalue weighted by Gasteiger charge is 2.51. The van der Waals surface area contributed by atoms with E-state index >= 15 is 0 Å². The molecule has 2 atom stereocenters. The Morgan fingerprint density at radius 3 is 2.17 bits per heavy atom. The first-order valence-corrected chi connectivity index (χ1v) is 9.42. The van der Waals surface area contributed by atoms with Crippen molar-refractivity contribution < 1.29 is 14.1 Å². The Bertz CT molecular complexity index is 467. The molecule has 2 unspecified atom stereocenters. The van der Waals surface area contributed by atoms with Crippen LogP contribution in [0.25, 0.3) is 0 Å². The zero-order chi connectivity index (χ0) is 18.4. The third-order valence-corrected chi connectivity index (χ3v) is 5.99. The molecule has 0 radical (unpaired) electrons. The lowest BCUT2D eigenvalue weighted by Crippen LogP contribution is -2.47. The van der Waals surface area contributed by atoms with Crippen LogP contribution in [0.5, 0.6) is 0 Å². The van der Waals surface area contributed by atoms with Crippen molar-refractivity contribution in [3.05, 3.63) is 0 Å². The minimum Gasteiger partial charge on any atom is -0.403 e. The van der Waals surface area contributed by atoms with Gasteiger partial charge in [0.05, 0.1) is 11.2 Å². The largest absolute Gasteiger partial charge is 0.457 e. The molecule has 24 heavy (non-hydrogen) atoms. The summed E-state index contributed by atoms with van der Waals surface area (Å²) in [6.07, 6.45) is 5.04. The average molecular weight is 337 g/mol. The van der Waals surface area contributed by atoms with Gasteiger partial charge in [-0.25, -0.2) is 0 Å². The van der Waals surface area contributed by atoms with Crippen LogP contribution in [0, 0.1) is 11.3 Å². The molecule has 0 aromatic carbocycles. The van der Waals surface area contributed by atoms with Gasteiger partial charge in [-0.1, -0.05) is 13.3 Å². The molecule has 4 nitrogen and oxygen atoms in total. The van der Waals surface area contributed by atoms with Crippen LogP contribution in [0.4, 0.5) is 0 Å². The fourth-order valence-electron chi connectivity index (χ4n) is 3.76. The normalized spacial score (nSPS) is 32.2. The van der Waals surface area contributed by atoms with Crippen LogP contribution in [0.1, 0.15) is 81.1 Å². The summed E-state index contributed by atoms with van der Waals surface area (Å²) < 4.78 is 12.2. The van der Waals surface area contributed by atoms with Crippen molar-refractivity contribution in [3.63, 3.8) is 0 Å². The number of carbonyl (C=O) groups is 1. The van der Waals surface area contributed by atoms with E-state index < -0.39 is 0 Å². The smallest absolute Gasteiger partial charge is 0.403 e. The van der Waals surface area contributed by atoms with E-state index in [0.717, 1.165) is 32.0 Å². The van der Waals surface area contributed by atoms with E-state index in [2.05, 4.69) is 39.9 Å². The number of amides is 1. The van der Waals surface area contributed by atoms with Gasteiger partial charge in [-0.05, 0) is 80.0 Å². The summed E-state index contributed by atoms with van der Waals surface area (Å²) in [6.45, 7) is 16.6. The number of hydrogen-bond acceptors (Lipinski definition) is 3. The van der Waals surface area contributed by atoms with Crippen molar-refractivity contribution in [3.8, 4) is 0 Å². The Hall–Kier alpha value is -0.545. The third-order valence-electron chi connectivity index (χ3n) is 5.99. The van der Waals surface area contributed by atoms with E-state index in [4.69, 9.17) is 9.31 Å². The Kier molecular flexibility index (Phi) is 5.20. The molecule has 2 fully saturated rings. The van der Waals surface area contributed by atoms with Crippen LogP contribution in [-0.4, -0.2) is 29.8 Å². The lowest BCUT2D eigenvalue weighted by atomic mass is 9.78. The predicted molar refractivity (Wildman–Crippen MR) is 98.8 cm³/mol. The molecule has 1 saturated carbocycles. The van der Waals surface area contributed by atoms with Gasteiger partial charge < -0.3 is 14.6 Å². The number of rotatable bonds is 4. The molecule has 1 heterocycles. The summed E-state index contributed by atoms with van der Waals surface area (Å²) in [5.74, 6) is 0.785. The molecule has 0 spiro atoms.